The summed E-state index contributed by atoms with van der Waals surface area (Å²) in [5, 5.41) is 4.16. The summed E-state index contributed by atoms with van der Waals surface area (Å²) in [4.78, 5) is 0. The van der Waals surface area contributed by atoms with Gasteiger partial charge in [-0.15, -0.1) is 0 Å². The van der Waals surface area contributed by atoms with Crippen LogP contribution in [0.4, 0.5) is 23.2 Å². The van der Waals surface area contributed by atoms with E-state index in [1.165, 1.54) is 18.2 Å². The number of hydrogen-bond acceptors (Lipinski definition) is 2. The Labute approximate surface area is 182 Å². The van der Waals surface area contributed by atoms with Gasteiger partial charge in [-0.25, -0.2) is 0 Å². The molecule has 1 aliphatic rings. The fourth-order valence-electron chi connectivity index (χ4n) is 3.87. The highest BCUT2D eigenvalue weighted by atomic mass is 35.5. The van der Waals surface area contributed by atoms with E-state index in [0.29, 0.717) is 17.0 Å². The number of nitrogens with one attached hydrogen (secondary N) is 1. The molecule has 1 aliphatic heterocycles. The second kappa shape index (κ2) is 8.42. The number of hydrogen-bond donors (Lipinski definition) is 1. The lowest BCUT2D eigenvalue weighted by atomic mass is 9.88. The molecular weight excluding hydrogens is 430 g/mol. The van der Waals surface area contributed by atoms with Crippen molar-refractivity contribution in [1.82, 2.24) is 0 Å². The van der Waals surface area contributed by atoms with Crippen molar-refractivity contribution in [2.75, 3.05) is 5.32 Å². The summed E-state index contributed by atoms with van der Waals surface area (Å²) in [6.45, 7) is 1.96. The molecule has 0 fully saturated rings. The molecule has 0 saturated carbocycles. The van der Waals surface area contributed by atoms with Crippen LogP contribution in [0.15, 0.2) is 60.7 Å². The first-order valence-corrected chi connectivity index (χ1v) is 10.2. The van der Waals surface area contributed by atoms with Crippen molar-refractivity contribution in [2.45, 2.75) is 38.3 Å². The van der Waals surface area contributed by atoms with E-state index >= 15 is 0 Å². The first-order valence-electron chi connectivity index (χ1n) is 9.84. The van der Waals surface area contributed by atoms with E-state index in [1.807, 2.05) is 37.3 Å². The number of alkyl halides is 4. The van der Waals surface area contributed by atoms with Gasteiger partial charge in [-0.1, -0.05) is 41.9 Å². The minimum absolute atomic E-state index is 0.154. The molecule has 0 amide bonds. The van der Waals surface area contributed by atoms with Gasteiger partial charge in [0.15, 0.2) is 0 Å². The van der Waals surface area contributed by atoms with Crippen LogP contribution < -0.4 is 10.1 Å². The van der Waals surface area contributed by atoms with Gasteiger partial charge in [-0.2, -0.15) is 17.6 Å². The molecule has 31 heavy (non-hydrogen) atoms. The quantitative estimate of drug-likeness (QED) is 0.404. The number of ether oxygens (including phenoxy) is 1. The Morgan fingerprint density at radius 3 is 2.58 bits per heavy atom. The zero-order valence-corrected chi connectivity index (χ0v) is 17.4. The van der Waals surface area contributed by atoms with Gasteiger partial charge in [0.2, 0.25) is 0 Å². The molecule has 0 radical (unpaired) electrons. The molecule has 3 aromatic rings. The number of fused-ring (bicyclic) bond motifs is 1. The number of rotatable bonds is 5. The molecule has 0 aromatic heterocycles. The normalized spacial score (nSPS) is 16.0. The topological polar surface area (TPSA) is 21.3 Å². The molecule has 0 bridgehead atoms. The van der Waals surface area contributed by atoms with Crippen LogP contribution in [0.5, 0.6) is 5.75 Å². The van der Waals surface area contributed by atoms with Crippen LogP contribution >= 0.6 is 11.6 Å². The summed E-state index contributed by atoms with van der Waals surface area (Å²) in [6, 6.07) is 17.7. The van der Waals surface area contributed by atoms with Crippen LogP contribution in [0.25, 0.3) is 11.1 Å². The van der Waals surface area contributed by atoms with E-state index in [9.17, 15) is 17.6 Å². The largest absolute Gasteiger partial charge is 0.461 e. The molecule has 1 atom stereocenters. The van der Waals surface area contributed by atoms with Crippen molar-refractivity contribution in [2.24, 2.45) is 0 Å². The average Bonchev–Trinajstić information content (AvgIpc) is 2.74. The minimum atomic E-state index is -4.53. The Hall–Kier alpha value is -2.73. The summed E-state index contributed by atoms with van der Waals surface area (Å²) in [5.41, 5.74) is 5.99. The molecule has 0 aliphatic carbocycles. The summed E-state index contributed by atoms with van der Waals surface area (Å²) < 4.78 is 55.7. The van der Waals surface area contributed by atoms with Crippen molar-refractivity contribution >= 4 is 17.3 Å². The number of anilines is 1. The lowest BCUT2D eigenvalue weighted by Crippen LogP contribution is -2.33. The lowest BCUT2D eigenvalue weighted by molar-refractivity contribution is -0.253. The standard InChI is InChI=1S/C24H20ClF4NO/c1-14-12-15(8-10-20(14)25)18-6-3-7-22-19(18)9-11-21(30-22)16-4-2-5-17(13-16)31-24(28,29)23(26)27/h2-8,10,12-13,21,23,30H,9,11H2,1H3. The molecule has 2 nitrogen and oxygen atoms in total. The van der Waals surface area contributed by atoms with E-state index < -0.39 is 12.5 Å². The molecule has 4 rings (SSSR count). The predicted octanol–water partition coefficient (Wildman–Crippen LogP) is 7.65. The number of halogens is 5. The number of benzene rings is 3. The SMILES string of the molecule is Cc1cc(-c2cccc3c2CCC(c2cccc(OC(F)(F)C(F)F)c2)N3)ccc1Cl. The van der Waals surface area contributed by atoms with Gasteiger partial charge in [0, 0.05) is 10.7 Å². The van der Waals surface area contributed by atoms with E-state index in [1.54, 1.807) is 6.07 Å². The zero-order chi connectivity index (χ0) is 22.2. The molecule has 162 valence electrons. The van der Waals surface area contributed by atoms with Gasteiger partial charge in [0.1, 0.15) is 5.75 Å². The first kappa shape index (κ1) is 21.5. The maximum Gasteiger partial charge on any atom is 0.461 e. The summed E-state index contributed by atoms with van der Waals surface area (Å²) in [6.07, 6.45) is -6.95. The lowest BCUT2D eigenvalue weighted by Gasteiger charge is -2.29. The molecule has 0 saturated heterocycles. The summed E-state index contributed by atoms with van der Waals surface area (Å²) >= 11 is 6.16. The Morgan fingerprint density at radius 2 is 1.84 bits per heavy atom. The maximum absolute atomic E-state index is 13.3. The van der Waals surface area contributed by atoms with Gasteiger partial charge in [0.25, 0.3) is 0 Å². The zero-order valence-electron chi connectivity index (χ0n) is 16.6. The Morgan fingerprint density at radius 1 is 1.06 bits per heavy atom. The second-order valence-corrected chi connectivity index (χ2v) is 7.98. The monoisotopic (exact) mass is 449 g/mol. The van der Waals surface area contributed by atoms with E-state index in [0.717, 1.165) is 34.4 Å². The third kappa shape index (κ3) is 4.49. The maximum atomic E-state index is 13.3. The van der Waals surface area contributed by atoms with Crippen LogP contribution in [0.3, 0.4) is 0 Å². The Balaban J connectivity index is 1.59. The van der Waals surface area contributed by atoms with Crippen LogP contribution in [0.2, 0.25) is 5.02 Å². The van der Waals surface area contributed by atoms with Crippen molar-refractivity contribution < 1.29 is 22.3 Å². The van der Waals surface area contributed by atoms with Crippen molar-refractivity contribution in [3.05, 3.63) is 82.4 Å². The van der Waals surface area contributed by atoms with E-state index in [4.69, 9.17) is 11.6 Å². The van der Waals surface area contributed by atoms with Gasteiger partial charge in [-0.05, 0) is 77.9 Å². The van der Waals surface area contributed by atoms with Crippen molar-refractivity contribution in [1.29, 1.82) is 0 Å². The predicted molar refractivity (Wildman–Crippen MR) is 114 cm³/mol. The van der Waals surface area contributed by atoms with Gasteiger partial charge >= 0.3 is 12.5 Å². The average molecular weight is 450 g/mol. The molecule has 0 spiro atoms. The fourth-order valence-corrected chi connectivity index (χ4v) is 3.99. The van der Waals surface area contributed by atoms with Crippen molar-refractivity contribution in [3.8, 4) is 16.9 Å². The highest BCUT2D eigenvalue weighted by molar-refractivity contribution is 6.31. The summed E-state index contributed by atoms with van der Waals surface area (Å²) in [5.74, 6) is -0.291. The van der Waals surface area contributed by atoms with Crippen molar-refractivity contribution in [3.63, 3.8) is 0 Å². The summed E-state index contributed by atoms with van der Waals surface area (Å²) in [7, 11) is 0. The highest BCUT2D eigenvalue weighted by Crippen LogP contribution is 2.39. The van der Waals surface area contributed by atoms with Crippen LogP contribution in [0, 0.1) is 6.92 Å². The molecular formula is C24H20ClF4NO. The molecule has 3 aromatic carbocycles. The van der Waals surface area contributed by atoms with E-state index in [-0.39, 0.29) is 11.8 Å². The second-order valence-electron chi connectivity index (χ2n) is 7.57. The van der Waals surface area contributed by atoms with Gasteiger partial charge in [-0.3, -0.25) is 0 Å². The van der Waals surface area contributed by atoms with E-state index in [2.05, 4.69) is 16.1 Å². The van der Waals surface area contributed by atoms with Crippen LogP contribution in [-0.2, 0) is 6.42 Å². The third-order valence-electron chi connectivity index (χ3n) is 5.43. The fraction of sp³-hybridized carbons (Fsp3) is 0.250. The van der Waals surface area contributed by atoms with Gasteiger partial charge in [0.05, 0.1) is 6.04 Å². The molecule has 1 N–H and O–H groups in total. The number of aryl methyl sites for hydroxylation is 1. The molecule has 1 unspecified atom stereocenters. The first-order chi connectivity index (χ1) is 14.7. The highest BCUT2D eigenvalue weighted by Gasteiger charge is 2.44. The van der Waals surface area contributed by atoms with Gasteiger partial charge < -0.3 is 10.1 Å². The third-order valence-corrected chi connectivity index (χ3v) is 5.85. The Kier molecular flexibility index (Phi) is 5.84. The van der Waals surface area contributed by atoms with Crippen LogP contribution in [-0.4, -0.2) is 12.5 Å². The van der Waals surface area contributed by atoms with Crippen LogP contribution in [0.1, 0.15) is 29.2 Å². The smallest absolute Gasteiger partial charge is 0.428 e. The minimum Gasteiger partial charge on any atom is -0.428 e. The molecule has 1 heterocycles. The Bertz CT molecular complexity index is 1100. The molecule has 7 heteroatoms.